The maximum atomic E-state index is 11.9. The number of piperidine rings is 2. The third-order valence-corrected chi connectivity index (χ3v) is 6.09. The molecule has 0 spiro atoms. The molecule has 0 atom stereocenters. The molecule has 1 amide bonds. The fraction of sp³-hybridized carbons (Fsp3) is 0.905. The van der Waals surface area contributed by atoms with Gasteiger partial charge in [-0.3, -0.25) is 14.7 Å². The minimum atomic E-state index is 0. The zero-order chi connectivity index (χ0) is 20.4. The molecule has 0 radical (unpaired) electrons. The lowest BCUT2D eigenvalue weighted by Crippen LogP contribution is -2.50. The van der Waals surface area contributed by atoms with Gasteiger partial charge < -0.3 is 20.4 Å². The van der Waals surface area contributed by atoms with Gasteiger partial charge in [0, 0.05) is 46.3 Å². The molecule has 2 N–H and O–H groups in total. The molecular formula is C21H43IN6O. The number of rotatable bonds is 8. The van der Waals surface area contributed by atoms with E-state index in [1.807, 2.05) is 14.1 Å². The Bertz CT molecular complexity index is 486. The summed E-state index contributed by atoms with van der Waals surface area (Å²) in [6.45, 7) is 12.3. The Morgan fingerprint density at radius 1 is 1.03 bits per heavy atom. The summed E-state index contributed by atoms with van der Waals surface area (Å²) in [6, 6.07) is 0.441. The van der Waals surface area contributed by atoms with Gasteiger partial charge in [0.15, 0.2) is 5.96 Å². The predicted octanol–water partition coefficient (Wildman–Crippen LogP) is 1.83. The number of hydrogen-bond donors (Lipinski definition) is 2. The van der Waals surface area contributed by atoms with E-state index in [0.717, 1.165) is 50.9 Å². The van der Waals surface area contributed by atoms with E-state index in [1.165, 1.54) is 38.9 Å². The first-order chi connectivity index (χ1) is 13.5. The highest BCUT2D eigenvalue weighted by molar-refractivity contribution is 14.0. The zero-order valence-corrected chi connectivity index (χ0v) is 21.3. The summed E-state index contributed by atoms with van der Waals surface area (Å²) < 4.78 is 0. The fourth-order valence-corrected chi connectivity index (χ4v) is 4.03. The molecule has 2 saturated heterocycles. The van der Waals surface area contributed by atoms with Crippen LogP contribution in [-0.4, -0.2) is 99.1 Å². The van der Waals surface area contributed by atoms with Gasteiger partial charge in [0.25, 0.3) is 0 Å². The van der Waals surface area contributed by atoms with E-state index in [9.17, 15) is 4.79 Å². The number of carbonyl (C=O) groups excluding carboxylic acids is 1. The van der Waals surface area contributed by atoms with Crippen LogP contribution in [0.3, 0.4) is 0 Å². The van der Waals surface area contributed by atoms with Crippen LogP contribution in [-0.2, 0) is 4.79 Å². The zero-order valence-electron chi connectivity index (χ0n) is 19.0. The van der Waals surface area contributed by atoms with E-state index in [0.29, 0.717) is 12.6 Å². The lowest BCUT2D eigenvalue weighted by Gasteiger charge is -2.33. The van der Waals surface area contributed by atoms with Crippen LogP contribution < -0.4 is 10.6 Å². The number of amides is 1. The minimum Gasteiger partial charge on any atom is -0.357 e. The molecular weight excluding hydrogens is 479 g/mol. The monoisotopic (exact) mass is 522 g/mol. The molecule has 29 heavy (non-hydrogen) atoms. The molecule has 0 saturated carbocycles. The normalized spacial score (nSPS) is 20.2. The van der Waals surface area contributed by atoms with Gasteiger partial charge in [0.2, 0.25) is 5.91 Å². The number of nitrogens with one attached hydrogen (secondary N) is 2. The predicted molar refractivity (Wildman–Crippen MR) is 132 cm³/mol. The smallest absolute Gasteiger partial charge is 0.236 e. The second-order valence-corrected chi connectivity index (χ2v) is 8.41. The molecule has 2 aliphatic heterocycles. The third-order valence-electron chi connectivity index (χ3n) is 6.09. The fourth-order valence-electron chi connectivity index (χ4n) is 4.03. The van der Waals surface area contributed by atoms with Crippen molar-refractivity contribution in [2.75, 3.05) is 66.5 Å². The first-order valence-electron chi connectivity index (χ1n) is 11.2. The van der Waals surface area contributed by atoms with Crippen molar-refractivity contribution in [1.29, 1.82) is 0 Å². The lowest BCUT2D eigenvalue weighted by atomic mass is 9.94. The summed E-state index contributed by atoms with van der Waals surface area (Å²) in [5, 5.41) is 7.01. The number of aliphatic imine (C=N–C) groups is 1. The molecule has 0 aromatic heterocycles. The molecule has 170 valence electrons. The summed E-state index contributed by atoms with van der Waals surface area (Å²) in [4.78, 5) is 23.2. The molecule has 0 aliphatic carbocycles. The Hall–Kier alpha value is -0.610. The Morgan fingerprint density at radius 2 is 1.66 bits per heavy atom. The Kier molecular flexibility index (Phi) is 13.1. The molecule has 8 heteroatoms. The van der Waals surface area contributed by atoms with Crippen LogP contribution in [0.2, 0.25) is 0 Å². The maximum Gasteiger partial charge on any atom is 0.236 e. The van der Waals surface area contributed by atoms with E-state index in [2.05, 4.69) is 34.3 Å². The maximum absolute atomic E-state index is 11.9. The second-order valence-electron chi connectivity index (χ2n) is 8.41. The highest BCUT2D eigenvalue weighted by Crippen LogP contribution is 2.20. The first kappa shape index (κ1) is 26.4. The van der Waals surface area contributed by atoms with Crippen LogP contribution in [0.15, 0.2) is 4.99 Å². The molecule has 0 aromatic carbocycles. The van der Waals surface area contributed by atoms with Crippen molar-refractivity contribution >= 4 is 35.8 Å². The van der Waals surface area contributed by atoms with Crippen molar-refractivity contribution in [3.63, 3.8) is 0 Å². The summed E-state index contributed by atoms with van der Waals surface area (Å²) in [6.07, 6.45) is 5.94. The van der Waals surface area contributed by atoms with E-state index in [-0.39, 0.29) is 29.9 Å². The topological polar surface area (TPSA) is 63.2 Å². The van der Waals surface area contributed by atoms with Crippen LogP contribution in [0.4, 0.5) is 0 Å². The number of likely N-dealkylation sites (N-methyl/N-ethyl adjacent to an activating group) is 1. The van der Waals surface area contributed by atoms with Crippen LogP contribution >= 0.6 is 24.0 Å². The third kappa shape index (κ3) is 9.83. The number of hydrogen-bond acceptors (Lipinski definition) is 4. The van der Waals surface area contributed by atoms with E-state index < -0.39 is 0 Å². The van der Waals surface area contributed by atoms with Crippen LogP contribution in [0.25, 0.3) is 0 Å². The molecule has 2 fully saturated rings. The largest absolute Gasteiger partial charge is 0.357 e. The summed E-state index contributed by atoms with van der Waals surface area (Å²) in [5.41, 5.74) is 0. The molecule has 0 unspecified atom stereocenters. The van der Waals surface area contributed by atoms with Gasteiger partial charge in [0.1, 0.15) is 0 Å². The Morgan fingerprint density at radius 3 is 2.21 bits per heavy atom. The second kappa shape index (κ2) is 14.4. The highest BCUT2D eigenvalue weighted by atomic mass is 127. The number of halogens is 1. The van der Waals surface area contributed by atoms with E-state index in [4.69, 9.17) is 4.99 Å². The van der Waals surface area contributed by atoms with Gasteiger partial charge in [-0.1, -0.05) is 6.92 Å². The average Bonchev–Trinajstić information content (AvgIpc) is 2.70. The van der Waals surface area contributed by atoms with Crippen LogP contribution in [0.5, 0.6) is 0 Å². The van der Waals surface area contributed by atoms with E-state index in [1.54, 1.807) is 4.90 Å². The molecule has 2 rings (SSSR count). The van der Waals surface area contributed by atoms with Crippen molar-refractivity contribution in [2.45, 2.75) is 52.0 Å². The van der Waals surface area contributed by atoms with Gasteiger partial charge in [-0.15, -0.1) is 24.0 Å². The molecule has 7 nitrogen and oxygen atoms in total. The van der Waals surface area contributed by atoms with E-state index >= 15 is 0 Å². The Balaban J connectivity index is 0.00000420. The van der Waals surface area contributed by atoms with Crippen LogP contribution in [0, 0.1) is 5.92 Å². The molecule has 0 aromatic rings. The lowest BCUT2D eigenvalue weighted by molar-refractivity contribution is -0.130. The van der Waals surface area contributed by atoms with Crippen molar-refractivity contribution in [2.24, 2.45) is 10.9 Å². The van der Waals surface area contributed by atoms with Gasteiger partial charge in [-0.25, -0.2) is 0 Å². The number of carbonyl (C=O) groups is 1. The number of likely N-dealkylation sites (tertiary alicyclic amines) is 2. The van der Waals surface area contributed by atoms with Crippen molar-refractivity contribution in [3.8, 4) is 0 Å². The quantitative estimate of drug-likeness (QED) is 0.290. The molecule has 0 bridgehead atoms. The highest BCUT2D eigenvalue weighted by Gasteiger charge is 2.22. The van der Waals surface area contributed by atoms with Crippen molar-refractivity contribution in [1.82, 2.24) is 25.3 Å². The Labute approximate surface area is 195 Å². The number of nitrogens with zero attached hydrogens (tertiary/aromatic N) is 4. The standard InChI is InChI=1S/C21H42N6O.HI/c1-5-22-21(23-12-7-18-8-13-26(6-2)14-9-18)24-19-10-15-27(16-11-19)17-20(28)25(3)4;/h18-19H,5-17H2,1-4H3,(H2,22,23,24);1H. The average molecular weight is 523 g/mol. The summed E-state index contributed by atoms with van der Waals surface area (Å²) >= 11 is 0. The van der Waals surface area contributed by atoms with Gasteiger partial charge in [-0.05, 0) is 64.6 Å². The molecule has 2 aliphatic rings. The van der Waals surface area contributed by atoms with Crippen molar-refractivity contribution < 1.29 is 4.79 Å². The summed E-state index contributed by atoms with van der Waals surface area (Å²) in [5.74, 6) is 1.97. The summed E-state index contributed by atoms with van der Waals surface area (Å²) in [7, 11) is 3.64. The SMILES string of the molecule is CCNC(=NCCC1CCN(CC)CC1)NC1CCN(CC(=O)N(C)C)CC1.I. The number of guanidine groups is 1. The van der Waals surface area contributed by atoms with Gasteiger partial charge in [0.05, 0.1) is 6.54 Å². The van der Waals surface area contributed by atoms with Gasteiger partial charge >= 0.3 is 0 Å². The van der Waals surface area contributed by atoms with Crippen molar-refractivity contribution in [3.05, 3.63) is 0 Å². The van der Waals surface area contributed by atoms with Crippen LogP contribution in [0.1, 0.15) is 46.0 Å². The minimum absolute atomic E-state index is 0. The van der Waals surface area contributed by atoms with Gasteiger partial charge in [-0.2, -0.15) is 0 Å². The first-order valence-corrected chi connectivity index (χ1v) is 11.2. The molecule has 2 heterocycles.